The average Bonchev–Trinajstić information content (AvgIpc) is 2.71. The second kappa shape index (κ2) is 6.43. The van der Waals surface area contributed by atoms with Crippen molar-refractivity contribution in [2.45, 2.75) is 33.6 Å². The van der Waals surface area contributed by atoms with E-state index in [-0.39, 0.29) is 5.97 Å². The van der Waals surface area contributed by atoms with E-state index >= 15 is 0 Å². The van der Waals surface area contributed by atoms with Crippen LogP contribution in [-0.2, 0) is 16.0 Å². The normalized spacial score (nSPS) is 10.7. The number of halogens is 1. The van der Waals surface area contributed by atoms with Crippen molar-refractivity contribution >= 4 is 21.9 Å². The van der Waals surface area contributed by atoms with Gasteiger partial charge in [0.25, 0.3) is 0 Å². The second-order valence-electron chi connectivity index (χ2n) is 5.07. The van der Waals surface area contributed by atoms with Gasteiger partial charge < -0.3 is 4.74 Å². The minimum atomic E-state index is -0.193. The summed E-state index contributed by atoms with van der Waals surface area (Å²) in [6.45, 7) is 6.07. The lowest BCUT2D eigenvalue weighted by atomic mass is 10.1. The average molecular weight is 351 g/mol. The van der Waals surface area contributed by atoms with Crippen LogP contribution < -0.4 is 0 Å². The van der Waals surface area contributed by atoms with Crippen LogP contribution in [-0.4, -0.2) is 22.9 Å². The summed E-state index contributed by atoms with van der Waals surface area (Å²) in [5.41, 5.74) is 5.35. The van der Waals surface area contributed by atoms with E-state index < -0.39 is 0 Å². The molecular weight excluding hydrogens is 332 g/mol. The van der Waals surface area contributed by atoms with Gasteiger partial charge in [0.1, 0.15) is 0 Å². The van der Waals surface area contributed by atoms with Crippen molar-refractivity contribution < 1.29 is 9.53 Å². The van der Waals surface area contributed by atoms with Crippen LogP contribution in [0.1, 0.15) is 28.9 Å². The zero-order valence-corrected chi connectivity index (χ0v) is 14.3. The van der Waals surface area contributed by atoms with E-state index in [1.165, 1.54) is 7.11 Å². The number of aryl methyl sites for hydroxylation is 2. The summed E-state index contributed by atoms with van der Waals surface area (Å²) in [4.78, 5) is 11.3. The van der Waals surface area contributed by atoms with E-state index in [0.29, 0.717) is 12.8 Å². The van der Waals surface area contributed by atoms with Crippen molar-refractivity contribution in [1.29, 1.82) is 0 Å². The van der Waals surface area contributed by atoms with Crippen LogP contribution in [0, 0.1) is 20.8 Å². The minimum absolute atomic E-state index is 0.193. The van der Waals surface area contributed by atoms with Gasteiger partial charge in [-0.1, -0.05) is 15.9 Å². The van der Waals surface area contributed by atoms with E-state index in [1.54, 1.807) is 0 Å². The highest BCUT2D eigenvalue weighted by Crippen LogP contribution is 2.23. The van der Waals surface area contributed by atoms with Gasteiger partial charge in [0.2, 0.25) is 0 Å². The molecule has 21 heavy (non-hydrogen) atoms. The lowest BCUT2D eigenvalue weighted by Crippen LogP contribution is -2.04. The summed E-state index contributed by atoms with van der Waals surface area (Å²) in [5, 5.41) is 4.62. The van der Waals surface area contributed by atoms with Gasteiger partial charge in [-0.05, 0) is 56.5 Å². The fourth-order valence-corrected chi connectivity index (χ4v) is 2.93. The number of benzene rings is 1. The Morgan fingerprint density at radius 3 is 2.67 bits per heavy atom. The first-order valence-electron chi connectivity index (χ1n) is 6.82. The number of rotatable bonds is 4. The van der Waals surface area contributed by atoms with Gasteiger partial charge in [-0.2, -0.15) is 5.10 Å². The van der Waals surface area contributed by atoms with Gasteiger partial charge in [-0.25, -0.2) is 4.68 Å². The Morgan fingerprint density at radius 1 is 1.33 bits per heavy atom. The SMILES string of the molecule is COC(=O)CCc1c(C)nn(-c2ccc(Br)cc2C)c1C. The molecule has 0 unspecified atom stereocenters. The predicted octanol–water partition coefficient (Wildman–Crippen LogP) is 3.67. The van der Waals surface area contributed by atoms with E-state index in [2.05, 4.69) is 34.0 Å². The Bertz CT molecular complexity index is 677. The molecule has 0 saturated carbocycles. The van der Waals surface area contributed by atoms with Crippen LogP contribution in [0.15, 0.2) is 22.7 Å². The Balaban J connectivity index is 2.36. The lowest BCUT2D eigenvalue weighted by molar-refractivity contribution is -0.140. The molecule has 0 aliphatic heterocycles. The molecule has 4 nitrogen and oxygen atoms in total. The summed E-state index contributed by atoms with van der Waals surface area (Å²) in [5.74, 6) is -0.193. The maximum atomic E-state index is 11.3. The number of methoxy groups -OCH3 is 1. The Morgan fingerprint density at radius 2 is 2.05 bits per heavy atom. The number of carbonyl (C=O) groups excluding carboxylic acids is 1. The monoisotopic (exact) mass is 350 g/mol. The number of carbonyl (C=O) groups is 1. The number of ether oxygens (including phenoxy) is 1. The van der Waals surface area contributed by atoms with Crippen LogP contribution in [0.4, 0.5) is 0 Å². The molecule has 1 heterocycles. The van der Waals surface area contributed by atoms with Crippen LogP contribution >= 0.6 is 15.9 Å². The predicted molar refractivity (Wildman–Crippen MR) is 85.8 cm³/mol. The van der Waals surface area contributed by atoms with E-state index in [0.717, 1.165) is 32.7 Å². The molecule has 112 valence electrons. The third kappa shape index (κ3) is 3.35. The number of aromatic nitrogens is 2. The highest BCUT2D eigenvalue weighted by Gasteiger charge is 2.15. The van der Waals surface area contributed by atoms with Gasteiger partial charge in [0.15, 0.2) is 0 Å². The largest absolute Gasteiger partial charge is 0.469 e. The molecular formula is C16H19BrN2O2. The summed E-state index contributed by atoms with van der Waals surface area (Å²) in [7, 11) is 1.41. The summed E-state index contributed by atoms with van der Waals surface area (Å²) in [6.07, 6.45) is 1.03. The molecule has 0 spiro atoms. The summed E-state index contributed by atoms with van der Waals surface area (Å²) < 4.78 is 7.70. The highest BCUT2D eigenvalue weighted by molar-refractivity contribution is 9.10. The minimum Gasteiger partial charge on any atom is -0.469 e. The van der Waals surface area contributed by atoms with E-state index in [1.807, 2.05) is 30.7 Å². The van der Waals surface area contributed by atoms with Crippen molar-refractivity contribution in [3.63, 3.8) is 0 Å². The quantitative estimate of drug-likeness (QED) is 0.790. The Kier molecular flexibility index (Phi) is 4.83. The Hall–Kier alpha value is -1.62. The van der Waals surface area contributed by atoms with Crippen molar-refractivity contribution in [3.8, 4) is 5.69 Å². The Labute approximate surface area is 133 Å². The molecule has 2 rings (SSSR count). The maximum absolute atomic E-state index is 11.3. The molecule has 1 aromatic heterocycles. The molecule has 0 saturated heterocycles. The number of hydrogen-bond donors (Lipinski definition) is 0. The standard InChI is InChI=1S/C16H19BrN2O2/c1-10-9-13(17)5-7-15(10)19-12(3)14(11(2)18-19)6-8-16(20)21-4/h5,7,9H,6,8H2,1-4H3. The van der Waals surface area contributed by atoms with Gasteiger partial charge in [0, 0.05) is 16.6 Å². The number of hydrogen-bond acceptors (Lipinski definition) is 3. The third-order valence-electron chi connectivity index (χ3n) is 3.63. The van der Waals surface area contributed by atoms with E-state index in [4.69, 9.17) is 4.74 Å². The van der Waals surface area contributed by atoms with Crippen molar-refractivity contribution in [1.82, 2.24) is 9.78 Å². The van der Waals surface area contributed by atoms with Crippen LogP contribution in [0.3, 0.4) is 0 Å². The summed E-state index contributed by atoms with van der Waals surface area (Å²) >= 11 is 3.47. The molecule has 0 amide bonds. The smallest absolute Gasteiger partial charge is 0.305 e. The molecule has 0 aliphatic carbocycles. The van der Waals surface area contributed by atoms with Gasteiger partial charge in [0.05, 0.1) is 18.5 Å². The zero-order valence-electron chi connectivity index (χ0n) is 12.7. The molecule has 0 atom stereocenters. The highest BCUT2D eigenvalue weighted by atomic mass is 79.9. The van der Waals surface area contributed by atoms with Gasteiger partial charge in [-0.15, -0.1) is 0 Å². The molecule has 0 fully saturated rings. The fourth-order valence-electron chi connectivity index (χ4n) is 2.46. The molecule has 2 aromatic rings. The topological polar surface area (TPSA) is 44.1 Å². The maximum Gasteiger partial charge on any atom is 0.305 e. The van der Waals surface area contributed by atoms with Crippen molar-refractivity contribution in [3.05, 3.63) is 45.2 Å². The second-order valence-corrected chi connectivity index (χ2v) is 5.98. The number of esters is 1. The van der Waals surface area contributed by atoms with E-state index in [9.17, 15) is 4.79 Å². The van der Waals surface area contributed by atoms with Crippen LogP contribution in [0.2, 0.25) is 0 Å². The summed E-state index contributed by atoms with van der Waals surface area (Å²) in [6, 6.07) is 6.12. The van der Waals surface area contributed by atoms with Crippen LogP contribution in [0.5, 0.6) is 0 Å². The number of nitrogens with zero attached hydrogens (tertiary/aromatic N) is 2. The van der Waals surface area contributed by atoms with Crippen LogP contribution in [0.25, 0.3) is 5.69 Å². The first-order chi connectivity index (χ1) is 9.93. The fraction of sp³-hybridized carbons (Fsp3) is 0.375. The van der Waals surface area contributed by atoms with Crippen molar-refractivity contribution in [2.75, 3.05) is 7.11 Å². The van der Waals surface area contributed by atoms with Gasteiger partial charge >= 0.3 is 5.97 Å². The molecule has 0 bridgehead atoms. The lowest BCUT2D eigenvalue weighted by Gasteiger charge is -2.09. The first-order valence-corrected chi connectivity index (χ1v) is 7.61. The molecule has 0 aliphatic rings. The molecule has 0 radical (unpaired) electrons. The molecule has 5 heteroatoms. The van der Waals surface area contributed by atoms with Crippen molar-refractivity contribution in [2.24, 2.45) is 0 Å². The molecule has 0 N–H and O–H groups in total. The third-order valence-corrected chi connectivity index (χ3v) is 4.13. The zero-order chi connectivity index (χ0) is 15.6. The first kappa shape index (κ1) is 15.8. The van der Waals surface area contributed by atoms with Gasteiger partial charge in [-0.3, -0.25) is 4.79 Å². The molecule has 1 aromatic carbocycles.